The first-order chi connectivity index (χ1) is 8.29. The van der Waals surface area contributed by atoms with Crippen LogP contribution in [0.5, 0.6) is 0 Å². The lowest BCUT2D eigenvalue weighted by molar-refractivity contribution is 0.173. The van der Waals surface area contributed by atoms with Crippen molar-refractivity contribution in [2.75, 3.05) is 0 Å². The summed E-state index contributed by atoms with van der Waals surface area (Å²) >= 11 is 1.56. The third-order valence-corrected chi connectivity index (χ3v) is 4.02. The topological polar surface area (TPSA) is 46.0 Å². The molecule has 3 nitrogen and oxygen atoms in total. The normalized spacial score (nSPS) is 13.3. The van der Waals surface area contributed by atoms with Crippen molar-refractivity contribution in [1.29, 1.82) is 0 Å². The Morgan fingerprint density at radius 2 is 2.12 bits per heavy atom. The molecule has 0 saturated carbocycles. The number of thiazole rings is 1. The molecule has 0 spiro atoms. The van der Waals surface area contributed by atoms with E-state index < -0.39 is 6.10 Å². The number of aromatic nitrogens is 2. The van der Waals surface area contributed by atoms with Crippen molar-refractivity contribution in [1.82, 2.24) is 9.97 Å². The number of pyridine rings is 1. The highest BCUT2D eigenvalue weighted by Gasteiger charge is 2.13. The maximum atomic E-state index is 9.83. The van der Waals surface area contributed by atoms with Crippen LogP contribution >= 0.6 is 11.3 Å². The minimum atomic E-state index is -0.467. The average molecular weight is 244 g/mol. The Balaban J connectivity index is 2.31. The highest BCUT2D eigenvalue weighted by atomic mass is 32.1. The Bertz CT molecular complexity index is 677. The number of nitrogens with zero attached hydrogens (tertiary/aromatic N) is 2. The van der Waals surface area contributed by atoms with Gasteiger partial charge in [-0.3, -0.25) is 4.98 Å². The van der Waals surface area contributed by atoms with Crippen LogP contribution in [0.4, 0.5) is 0 Å². The maximum absolute atomic E-state index is 9.83. The molecule has 0 aliphatic heterocycles. The van der Waals surface area contributed by atoms with Crippen LogP contribution in [-0.2, 0) is 0 Å². The second kappa shape index (κ2) is 4.05. The predicted molar refractivity (Wildman–Crippen MR) is 70.2 cm³/mol. The first-order valence-electron chi connectivity index (χ1n) is 5.62. The number of rotatable bonds is 2. The fraction of sp³-hybridized carbons (Fsp3) is 0.231. The lowest BCUT2D eigenvalue weighted by Crippen LogP contribution is -1.92. The third kappa shape index (κ3) is 1.69. The molecule has 86 valence electrons. The van der Waals surface area contributed by atoms with Crippen LogP contribution in [-0.4, -0.2) is 15.1 Å². The van der Waals surface area contributed by atoms with Crippen molar-refractivity contribution >= 4 is 32.5 Å². The van der Waals surface area contributed by atoms with Gasteiger partial charge in [0.05, 0.1) is 16.4 Å². The summed E-state index contributed by atoms with van der Waals surface area (Å²) in [6.07, 6.45) is 2.00. The number of aliphatic hydroxyl groups is 1. The average Bonchev–Trinajstić information content (AvgIpc) is 2.82. The monoisotopic (exact) mass is 244 g/mol. The van der Waals surface area contributed by atoms with Gasteiger partial charge in [-0.1, -0.05) is 25.1 Å². The second-order valence-electron chi connectivity index (χ2n) is 3.97. The Morgan fingerprint density at radius 3 is 2.94 bits per heavy atom. The molecule has 0 saturated heterocycles. The zero-order chi connectivity index (χ0) is 11.8. The number of benzene rings is 1. The molecular weight excluding hydrogens is 232 g/mol. The lowest BCUT2D eigenvalue weighted by Gasteiger charge is -2.00. The van der Waals surface area contributed by atoms with Crippen molar-refractivity contribution in [3.8, 4) is 0 Å². The molecule has 0 amide bonds. The fourth-order valence-electron chi connectivity index (χ4n) is 1.86. The number of para-hydroxylation sites is 1. The predicted octanol–water partition coefficient (Wildman–Crippen LogP) is 3.29. The number of aliphatic hydroxyl groups excluding tert-OH is 1. The van der Waals surface area contributed by atoms with E-state index in [1.54, 1.807) is 17.5 Å². The molecule has 1 atom stereocenters. The van der Waals surface area contributed by atoms with Crippen LogP contribution in [0.2, 0.25) is 0 Å². The van der Waals surface area contributed by atoms with Crippen molar-refractivity contribution in [3.63, 3.8) is 0 Å². The van der Waals surface area contributed by atoms with Crippen molar-refractivity contribution in [3.05, 3.63) is 35.5 Å². The van der Waals surface area contributed by atoms with E-state index in [1.807, 2.05) is 31.2 Å². The molecule has 0 bridgehead atoms. The summed E-state index contributed by atoms with van der Waals surface area (Å²) in [6.45, 7) is 1.95. The molecule has 0 radical (unpaired) electrons. The van der Waals surface area contributed by atoms with E-state index >= 15 is 0 Å². The maximum Gasteiger partial charge on any atom is 0.123 e. The van der Waals surface area contributed by atoms with Crippen LogP contribution in [0.1, 0.15) is 24.5 Å². The number of hydrogen-bond acceptors (Lipinski definition) is 4. The van der Waals surface area contributed by atoms with Gasteiger partial charge < -0.3 is 5.11 Å². The van der Waals surface area contributed by atoms with E-state index in [0.717, 1.165) is 26.1 Å². The number of fused-ring (bicyclic) bond motifs is 3. The molecule has 2 heterocycles. The van der Waals surface area contributed by atoms with E-state index in [-0.39, 0.29) is 0 Å². The molecule has 0 aliphatic carbocycles. The lowest BCUT2D eigenvalue weighted by atomic mass is 10.2. The minimum absolute atomic E-state index is 0.467. The molecule has 3 aromatic rings. The van der Waals surface area contributed by atoms with E-state index in [9.17, 15) is 5.11 Å². The van der Waals surface area contributed by atoms with Gasteiger partial charge in [-0.25, -0.2) is 4.98 Å². The van der Waals surface area contributed by atoms with Gasteiger partial charge in [-0.05, 0) is 12.5 Å². The molecule has 2 aromatic heterocycles. The second-order valence-corrected chi connectivity index (χ2v) is 5.00. The van der Waals surface area contributed by atoms with Gasteiger partial charge in [0.1, 0.15) is 16.6 Å². The fourth-order valence-corrected chi connectivity index (χ4v) is 3.00. The van der Waals surface area contributed by atoms with Crippen molar-refractivity contribution < 1.29 is 5.11 Å². The molecule has 1 unspecified atom stereocenters. The molecule has 1 N–H and O–H groups in total. The Kier molecular flexibility index (Phi) is 2.53. The zero-order valence-electron chi connectivity index (χ0n) is 9.42. The third-order valence-electron chi connectivity index (χ3n) is 2.82. The van der Waals surface area contributed by atoms with E-state index in [0.29, 0.717) is 6.42 Å². The largest absolute Gasteiger partial charge is 0.386 e. The smallest absolute Gasteiger partial charge is 0.123 e. The Morgan fingerprint density at radius 1 is 1.29 bits per heavy atom. The standard InChI is InChI=1S/C13H12N2OS/c1-2-11(16)13-15-10-7-14-9-6-4-3-5-8(9)12(10)17-13/h3-7,11,16H,2H2,1H3. The minimum Gasteiger partial charge on any atom is -0.386 e. The summed E-state index contributed by atoms with van der Waals surface area (Å²) in [6, 6.07) is 8.01. The Labute approximate surface area is 103 Å². The summed E-state index contributed by atoms with van der Waals surface area (Å²) in [5, 5.41) is 11.7. The summed E-state index contributed by atoms with van der Waals surface area (Å²) in [4.78, 5) is 8.81. The summed E-state index contributed by atoms with van der Waals surface area (Å²) in [5.41, 5.74) is 1.84. The van der Waals surface area contributed by atoms with Crippen LogP contribution in [0.15, 0.2) is 30.5 Å². The molecule has 0 aliphatic rings. The van der Waals surface area contributed by atoms with Gasteiger partial charge in [0, 0.05) is 5.39 Å². The molecule has 4 heteroatoms. The van der Waals surface area contributed by atoms with Gasteiger partial charge in [0.15, 0.2) is 0 Å². The van der Waals surface area contributed by atoms with Crippen LogP contribution in [0, 0.1) is 0 Å². The zero-order valence-corrected chi connectivity index (χ0v) is 10.2. The van der Waals surface area contributed by atoms with Crippen LogP contribution < -0.4 is 0 Å². The Hall–Kier alpha value is -1.52. The first-order valence-corrected chi connectivity index (χ1v) is 6.43. The highest BCUT2D eigenvalue weighted by Crippen LogP contribution is 2.32. The van der Waals surface area contributed by atoms with Gasteiger partial charge in [0.25, 0.3) is 0 Å². The van der Waals surface area contributed by atoms with E-state index in [1.165, 1.54) is 0 Å². The summed E-state index contributed by atoms with van der Waals surface area (Å²) in [5.74, 6) is 0. The van der Waals surface area contributed by atoms with Crippen molar-refractivity contribution in [2.24, 2.45) is 0 Å². The molecule has 3 rings (SSSR count). The van der Waals surface area contributed by atoms with Gasteiger partial charge in [-0.15, -0.1) is 11.3 Å². The molecule has 0 fully saturated rings. The molecule has 1 aromatic carbocycles. The van der Waals surface area contributed by atoms with E-state index in [4.69, 9.17) is 0 Å². The van der Waals surface area contributed by atoms with Crippen molar-refractivity contribution in [2.45, 2.75) is 19.4 Å². The summed E-state index contributed by atoms with van der Waals surface area (Å²) < 4.78 is 1.11. The first kappa shape index (κ1) is 10.6. The van der Waals surface area contributed by atoms with Crippen LogP contribution in [0.25, 0.3) is 21.1 Å². The molecular formula is C13H12N2OS. The van der Waals surface area contributed by atoms with Gasteiger partial charge >= 0.3 is 0 Å². The van der Waals surface area contributed by atoms with E-state index in [2.05, 4.69) is 9.97 Å². The van der Waals surface area contributed by atoms with Gasteiger partial charge in [0.2, 0.25) is 0 Å². The molecule has 17 heavy (non-hydrogen) atoms. The highest BCUT2D eigenvalue weighted by molar-refractivity contribution is 7.19. The van der Waals surface area contributed by atoms with Gasteiger partial charge in [-0.2, -0.15) is 0 Å². The van der Waals surface area contributed by atoms with Crippen LogP contribution in [0.3, 0.4) is 0 Å². The quantitative estimate of drug-likeness (QED) is 0.752. The SMILES string of the molecule is CCC(O)c1nc2cnc3ccccc3c2s1. The summed E-state index contributed by atoms with van der Waals surface area (Å²) in [7, 11) is 0. The number of hydrogen-bond donors (Lipinski definition) is 1.